The Morgan fingerprint density at radius 1 is 1.17 bits per heavy atom. The zero-order valence-corrected chi connectivity index (χ0v) is 13.3. The van der Waals surface area contributed by atoms with E-state index in [0.717, 1.165) is 53.9 Å². The third-order valence-electron chi connectivity index (χ3n) is 4.07. The van der Waals surface area contributed by atoms with Gasteiger partial charge in [-0.1, -0.05) is 11.6 Å². The molecule has 2 aromatic heterocycles. The molecule has 1 aliphatic heterocycles. The lowest BCUT2D eigenvalue weighted by Gasteiger charge is -2.27. The summed E-state index contributed by atoms with van der Waals surface area (Å²) < 4.78 is 5.43. The fourth-order valence-corrected chi connectivity index (χ4v) is 3.00. The lowest BCUT2D eigenvalue weighted by molar-refractivity contribution is 0.223. The summed E-state index contributed by atoms with van der Waals surface area (Å²) in [6, 6.07) is 11.6. The van der Waals surface area contributed by atoms with Crippen molar-refractivity contribution in [3.63, 3.8) is 0 Å². The first-order valence-corrected chi connectivity index (χ1v) is 8.01. The molecule has 0 amide bonds. The first-order chi connectivity index (χ1) is 11.3. The summed E-state index contributed by atoms with van der Waals surface area (Å²) in [7, 11) is 0. The van der Waals surface area contributed by atoms with Crippen LogP contribution in [0.4, 0.5) is 0 Å². The Morgan fingerprint density at radius 2 is 2.04 bits per heavy atom. The van der Waals surface area contributed by atoms with E-state index in [-0.39, 0.29) is 0 Å². The first-order valence-electron chi connectivity index (χ1n) is 7.63. The van der Waals surface area contributed by atoms with Crippen molar-refractivity contribution in [2.24, 2.45) is 0 Å². The highest BCUT2D eigenvalue weighted by molar-refractivity contribution is 6.30. The highest BCUT2D eigenvalue weighted by Crippen LogP contribution is 2.23. The van der Waals surface area contributed by atoms with Crippen LogP contribution in [0.15, 0.2) is 53.3 Å². The van der Waals surface area contributed by atoms with Crippen LogP contribution in [0, 0.1) is 0 Å². The van der Waals surface area contributed by atoms with Crippen molar-refractivity contribution in [2.45, 2.75) is 19.5 Å². The quantitative estimate of drug-likeness (QED) is 0.731. The molecule has 0 aliphatic carbocycles. The van der Waals surface area contributed by atoms with E-state index in [1.165, 1.54) is 5.56 Å². The van der Waals surface area contributed by atoms with Crippen LogP contribution in [0.1, 0.15) is 17.0 Å². The zero-order chi connectivity index (χ0) is 15.6. The molecule has 23 heavy (non-hydrogen) atoms. The minimum atomic E-state index is 0.722. The molecule has 4 nitrogen and oxygen atoms in total. The highest BCUT2D eigenvalue weighted by Gasteiger charge is 2.19. The van der Waals surface area contributed by atoms with Crippen LogP contribution in [-0.2, 0) is 19.5 Å². The van der Waals surface area contributed by atoms with Crippen LogP contribution >= 0.6 is 11.6 Å². The molecule has 116 valence electrons. The molecular weight excluding hydrogens is 310 g/mol. The second-order valence-corrected chi connectivity index (χ2v) is 6.15. The minimum absolute atomic E-state index is 0.722. The van der Waals surface area contributed by atoms with Gasteiger partial charge in [-0.3, -0.25) is 4.90 Å². The molecule has 5 heteroatoms. The maximum atomic E-state index is 5.93. The van der Waals surface area contributed by atoms with Gasteiger partial charge in [0, 0.05) is 41.9 Å². The molecule has 0 atom stereocenters. The molecule has 0 fully saturated rings. The van der Waals surface area contributed by atoms with Crippen molar-refractivity contribution in [1.29, 1.82) is 0 Å². The normalized spacial score (nSPS) is 14.7. The average molecular weight is 326 g/mol. The monoisotopic (exact) mass is 325 g/mol. The molecule has 4 rings (SSSR count). The van der Waals surface area contributed by atoms with E-state index in [2.05, 4.69) is 9.88 Å². The first kappa shape index (κ1) is 14.4. The molecule has 0 spiro atoms. The molecule has 1 aliphatic rings. The van der Waals surface area contributed by atoms with E-state index in [9.17, 15) is 0 Å². The predicted octanol–water partition coefficient (Wildman–Crippen LogP) is 3.95. The van der Waals surface area contributed by atoms with E-state index in [0.29, 0.717) is 0 Å². The van der Waals surface area contributed by atoms with Gasteiger partial charge in [0.1, 0.15) is 5.76 Å². The number of furan rings is 1. The summed E-state index contributed by atoms with van der Waals surface area (Å²) in [5.74, 6) is 1.76. The maximum Gasteiger partial charge on any atom is 0.159 e. The molecule has 0 radical (unpaired) electrons. The van der Waals surface area contributed by atoms with Gasteiger partial charge in [0.15, 0.2) is 5.82 Å². The topological polar surface area (TPSA) is 42.2 Å². The summed E-state index contributed by atoms with van der Waals surface area (Å²) in [5.41, 5.74) is 3.33. The van der Waals surface area contributed by atoms with Crippen molar-refractivity contribution >= 4 is 11.6 Å². The van der Waals surface area contributed by atoms with Crippen LogP contribution in [0.5, 0.6) is 0 Å². The number of halogens is 1. The van der Waals surface area contributed by atoms with Crippen molar-refractivity contribution in [2.75, 3.05) is 6.54 Å². The van der Waals surface area contributed by atoms with Gasteiger partial charge in [-0.2, -0.15) is 0 Å². The van der Waals surface area contributed by atoms with Crippen molar-refractivity contribution in [3.05, 3.63) is 70.9 Å². The smallest absolute Gasteiger partial charge is 0.159 e. The van der Waals surface area contributed by atoms with Crippen molar-refractivity contribution < 1.29 is 4.42 Å². The number of rotatable bonds is 3. The Balaban J connectivity index is 1.53. The third-order valence-corrected chi connectivity index (χ3v) is 4.33. The number of hydrogen-bond donors (Lipinski definition) is 0. The lowest BCUT2D eigenvalue weighted by Crippen LogP contribution is -2.30. The molecule has 0 saturated carbocycles. The van der Waals surface area contributed by atoms with E-state index in [1.807, 2.05) is 42.6 Å². The van der Waals surface area contributed by atoms with Gasteiger partial charge in [0.2, 0.25) is 0 Å². The maximum absolute atomic E-state index is 5.93. The van der Waals surface area contributed by atoms with Crippen LogP contribution in [-0.4, -0.2) is 21.4 Å². The molecule has 0 N–H and O–H groups in total. The van der Waals surface area contributed by atoms with Gasteiger partial charge in [0.05, 0.1) is 18.5 Å². The predicted molar refractivity (Wildman–Crippen MR) is 89.0 cm³/mol. The third kappa shape index (κ3) is 3.14. The van der Waals surface area contributed by atoms with Gasteiger partial charge in [-0.25, -0.2) is 9.97 Å². The van der Waals surface area contributed by atoms with E-state index < -0.39 is 0 Å². The Labute approximate surface area is 139 Å². The van der Waals surface area contributed by atoms with E-state index in [1.54, 1.807) is 6.26 Å². The summed E-state index contributed by atoms with van der Waals surface area (Å²) in [6.45, 7) is 2.66. The lowest BCUT2D eigenvalue weighted by atomic mass is 10.1. The summed E-state index contributed by atoms with van der Waals surface area (Å²) >= 11 is 5.93. The van der Waals surface area contributed by atoms with Crippen LogP contribution in [0.3, 0.4) is 0 Å². The summed E-state index contributed by atoms with van der Waals surface area (Å²) in [4.78, 5) is 11.6. The minimum Gasteiger partial charge on any atom is -0.468 e. The molecule has 0 bridgehead atoms. The number of benzene rings is 1. The van der Waals surface area contributed by atoms with E-state index >= 15 is 0 Å². The standard InChI is InChI=1S/C18H16ClN3O/c19-15-5-3-13(4-6-15)18-20-10-14-11-22(8-7-17(14)21-18)12-16-2-1-9-23-16/h1-6,9-10H,7-8,11-12H2. The second-order valence-electron chi connectivity index (χ2n) is 5.71. The number of nitrogens with zero attached hydrogens (tertiary/aromatic N) is 3. The van der Waals surface area contributed by atoms with Gasteiger partial charge in [0.25, 0.3) is 0 Å². The highest BCUT2D eigenvalue weighted by atomic mass is 35.5. The molecule has 1 aromatic carbocycles. The SMILES string of the molecule is Clc1ccc(-c2ncc3c(n2)CCN(Cc2ccco2)C3)cc1. The fourth-order valence-electron chi connectivity index (χ4n) is 2.87. The Hall–Kier alpha value is -2.17. The number of hydrogen-bond acceptors (Lipinski definition) is 4. The van der Waals surface area contributed by atoms with Gasteiger partial charge >= 0.3 is 0 Å². The van der Waals surface area contributed by atoms with Gasteiger partial charge in [-0.15, -0.1) is 0 Å². The van der Waals surface area contributed by atoms with Crippen LogP contribution < -0.4 is 0 Å². The number of fused-ring (bicyclic) bond motifs is 1. The fraction of sp³-hybridized carbons (Fsp3) is 0.222. The van der Waals surface area contributed by atoms with Crippen LogP contribution in [0.2, 0.25) is 5.02 Å². The zero-order valence-electron chi connectivity index (χ0n) is 12.6. The molecule has 3 aromatic rings. The molecule has 0 saturated heterocycles. The molecule has 3 heterocycles. The number of aromatic nitrogens is 2. The summed E-state index contributed by atoms with van der Waals surface area (Å²) in [5, 5.41) is 0.722. The Bertz CT molecular complexity index is 800. The largest absolute Gasteiger partial charge is 0.468 e. The summed E-state index contributed by atoms with van der Waals surface area (Å²) in [6.07, 6.45) is 4.59. The van der Waals surface area contributed by atoms with E-state index in [4.69, 9.17) is 21.0 Å². The van der Waals surface area contributed by atoms with Crippen molar-refractivity contribution in [3.8, 4) is 11.4 Å². The van der Waals surface area contributed by atoms with Gasteiger partial charge < -0.3 is 4.42 Å². The van der Waals surface area contributed by atoms with Crippen molar-refractivity contribution in [1.82, 2.24) is 14.9 Å². The molecule has 0 unspecified atom stereocenters. The molecular formula is C18H16ClN3O. The Morgan fingerprint density at radius 3 is 2.83 bits per heavy atom. The van der Waals surface area contributed by atoms with Gasteiger partial charge in [-0.05, 0) is 36.4 Å². The second kappa shape index (κ2) is 6.14. The van der Waals surface area contributed by atoms with Crippen LogP contribution in [0.25, 0.3) is 11.4 Å². The Kier molecular flexibility index (Phi) is 3.85. The average Bonchev–Trinajstić information content (AvgIpc) is 3.08.